The molecule has 1 aliphatic heterocycles. The summed E-state index contributed by atoms with van der Waals surface area (Å²) in [5.74, 6) is 0.0330. The highest BCUT2D eigenvalue weighted by atomic mass is 16.2. The van der Waals surface area contributed by atoms with E-state index < -0.39 is 0 Å². The van der Waals surface area contributed by atoms with Crippen LogP contribution in [-0.2, 0) is 4.79 Å². The van der Waals surface area contributed by atoms with Gasteiger partial charge in [0.2, 0.25) is 5.91 Å². The zero-order valence-electron chi connectivity index (χ0n) is 15.8. The predicted molar refractivity (Wildman–Crippen MR) is 107 cm³/mol. The number of aryl methyl sites for hydroxylation is 2. The molecule has 1 saturated carbocycles. The summed E-state index contributed by atoms with van der Waals surface area (Å²) >= 11 is 0. The predicted octanol–water partition coefficient (Wildman–Crippen LogP) is 3.41. The fraction of sp³-hybridized carbons (Fsp3) is 0.364. The van der Waals surface area contributed by atoms with Gasteiger partial charge in [0.15, 0.2) is 0 Å². The minimum atomic E-state index is -0.272. The first-order valence-corrected chi connectivity index (χ1v) is 9.57. The molecule has 1 atom stereocenters. The maximum absolute atomic E-state index is 12.9. The van der Waals surface area contributed by atoms with E-state index in [4.69, 9.17) is 0 Å². The van der Waals surface area contributed by atoms with Crippen molar-refractivity contribution in [2.45, 2.75) is 45.2 Å². The first-order valence-electron chi connectivity index (χ1n) is 9.57. The van der Waals surface area contributed by atoms with Crippen molar-refractivity contribution in [2.24, 2.45) is 0 Å². The summed E-state index contributed by atoms with van der Waals surface area (Å²) in [6, 6.07) is 13.7. The summed E-state index contributed by atoms with van der Waals surface area (Å²) in [4.78, 5) is 27.0. The van der Waals surface area contributed by atoms with E-state index in [1.807, 2.05) is 61.2 Å². The van der Waals surface area contributed by atoms with Crippen LogP contribution >= 0.6 is 0 Å². The van der Waals surface area contributed by atoms with Crippen LogP contribution in [0.25, 0.3) is 0 Å². The number of anilines is 2. The van der Waals surface area contributed by atoms with Crippen molar-refractivity contribution in [3.8, 4) is 0 Å². The molecule has 0 spiro atoms. The van der Waals surface area contributed by atoms with E-state index in [2.05, 4.69) is 10.6 Å². The minimum absolute atomic E-state index is 0.0421. The summed E-state index contributed by atoms with van der Waals surface area (Å²) in [5.41, 5.74) is 4.62. The number of nitrogens with zero attached hydrogens (tertiary/aromatic N) is 1. The number of benzene rings is 2. The molecular weight excluding hydrogens is 338 g/mol. The summed E-state index contributed by atoms with van der Waals surface area (Å²) in [6.45, 7) is 4.72. The van der Waals surface area contributed by atoms with Gasteiger partial charge in [0.25, 0.3) is 5.91 Å². The summed E-state index contributed by atoms with van der Waals surface area (Å²) in [5, 5.41) is 6.37. The molecule has 0 bridgehead atoms. The molecule has 2 aromatic carbocycles. The first kappa shape index (κ1) is 17.6. The van der Waals surface area contributed by atoms with Crippen molar-refractivity contribution >= 4 is 23.2 Å². The topological polar surface area (TPSA) is 61.4 Å². The van der Waals surface area contributed by atoms with Crippen molar-refractivity contribution in [1.82, 2.24) is 5.32 Å². The Bertz CT molecular complexity index is 872. The average Bonchev–Trinajstić information content (AvgIpc) is 3.40. The molecule has 5 nitrogen and oxygen atoms in total. The Hall–Kier alpha value is -2.82. The number of hydrogen-bond acceptors (Lipinski definition) is 3. The van der Waals surface area contributed by atoms with Crippen molar-refractivity contribution in [1.29, 1.82) is 0 Å². The van der Waals surface area contributed by atoms with Crippen LogP contribution in [-0.4, -0.2) is 30.4 Å². The number of carbonyl (C=O) groups is 2. The molecule has 2 N–H and O–H groups in total. The van der Waals surface area contributed by atoms with Crippen LogP contribution < -0.4 is 15.5 Å². The van der Waals surface area contributed by atoms with E-state index in [0.29, 0.717) is 18.2 Å². The second-order valence-electron chi connectivity index (χ2n) is 7.59. The third-order valence-corrected chi connectivity index (χ3v) is 5.29. The van der Waals surface area contributed by atoms with Crippen molar-refractivity contribution in [3.05, 3.63) is 59.2 Å². The minimum Gasteiger partial charge on any atom is -0.373 e. The highest BCUT2D eigenvalue weighted by Gasteiger charge is 2.33. The lowest BCUT2D eigenvalue weighted by Gasteiger charge is -2.19. The fourth-order valence-electron chi connectivity index (χ4n) is 3.40. The van der Waals surface area contributed by atoms with Crippen LogP contribution in [0.1, 0.15) is 40.7 Å². The van der Waals surface area contributed by atoms with Crippen LogP contribution in [0.15, 0.2) is 42.5 Å². The van der Waals surface area contributed by atoms with Gasteiger partial charge in [0.05, 0.1) is 0 Å². The molecule has 4 rings (SSSR count). The van der Waals surface area contributed by atoms with Gasteiger partial charge in [-0.25, -0.2) is 0 Å². The Labute approximate surface area is 159 Å². The molecule has 1 heterocycles. The van der Waals surface area contributed by atoms with Gasteiger partial charge in [0, 0.05) is 29.5 Å². The Morgan fingerprint density at radius 1 is 1.04 bits per heavy atom. The molecule has 0 radical (unpaired) electrons. The lowest BCUT2D eigenvalue weighted by molar-refractivity contribution is -0.117. The number of carbonyl (C=O) groups excluding carboxylic acids is 2. The number of hydrogen-bond donors (Lipinski definition) is 2. The fourth-order valence-corrected chi connectivity index (χ4v) is 3.40. The maximum atomic E-state index is 12.9. The van der Waals surface area contributed by atoms with Crippen molar-refractivity contribution in [2.75, 3.05) is 16.8 Å². The zero-order chi connectivity index (χ0) is 19.0. The van der Waals surface area contributed by atoms with Crippen LogP contribution in [0.3, 0.4) is 0 Å². The molecule has 1 aliphatic carbocycles. The Morgan fingerprint density at radius 3 is 2.48 bits per heavy atom. The Balaban J connectivity index is 1.48. The second-order valence-corrected chi connectivity index (χ2v) is 7.59. The quantitative estimate of drug-likeness (QED) is 0.856. The van der Waals surface area contributed by atoms with E-state index in [-0.39, 0.29) is 17.9 Å². The lowest BCUT2D eigenvalue weighted by atomic mass is 10.1. The largest absolute Gasteiger partial charge is 0.373 e. The van der Waals surface area contributed by atoms with Gasteiger partial charge >= 0.3 is 0 Å². The van der Waals surface area contributed by atoms with Crippen LogP contribution in [0.5, 0.6) is 0 Å². The molecule has 2 aliphatic rings. The Kier molecular flexibility index (Phi) is 4.60. The van der Waals surface area contributed by atoms with E-state index in [1.165, 1.54) is 5.56 Å². The van der Waals surface area contributed by atoms with Gasteiger partial charge in [-0.05, 0) is 62.9 Å². The molecule has 5 heteroatoms. The summed E-state index contributed by atoms with van der Waals surface area (Å²) < 4.78 is 0. The first-order chi connectivity index (χ1) is 13.0. The standard InChI is InChI=1S/C22H25N3O2/c1-14-3-9-18(10-4-14)25-12-11-19(22(25)27)24-20-13-16(6-5-15(20)2)21(26)23-17-7-8-17/h3-6,9-10,13,17,19,24H,7-8,11-12H2,1-2H3,(H,23,26). The van der Waals surface area contributed by atoms with Crippen LogP contribution in [0.2, 0.25) is 0 Å². The van der Waals surface area contributed by atoms with Gasteiger partial charge < -0.3 is 15.5 Å². The number of rotatable bonds is 5. The van der Waals surface area contributed by atoms with Crippen molar-refractivity contribution in [3.63, 3.8) is 0 Å². The molecule has 0 aromatic heterocycles. The highest BCUT2D eigenvalue weighted by molar-refractivity contribution is 6.01. The molecule has 2 aromatic rings. The summed E-state index contributed by atoms with van der Waals surface area (Å²) in [6.07, 6.45) is 2.87. The molecule has 1 saturated heterocycles. The highest BCUT2D eigenvalue weighted by Crippen LogP contribution is 2.26. The molecule has 2 fully saturated rings. The lowest BCUT2D eigenvalue weighted by Crippen LogP contribution is -2.33. The van der Waals surface area contributed by atoms with Crippen molar-refractivity contribution < 1.29 is 9.59 Å². The van der Waals surface area contributed by atoms with E-state index in [0.717, 1.165) is 36.2 Å². The number of amides is 2. The molecule has 2 amide bonds. The Morgan fingerprint density at radius 2 is 1.78 bits per heavy atom. The van der Waals surface area contributed by atoms with Gasteiger partial charge in [-0.1, -0.05) is 23.8 Å². The third kappa shape index (κ3) is 3.82. The van der Waals surface area contributed by atoms with E-state index >= 15 is 0 Å². The van der Waals surface area contributed by atoms with Crippen LogP contribution in [0, 0.1) is 13.8 Å². The third-order valence-electron chi connectivity index (χ3n) is 5.29. The second kappa shape index (κ2) is 7.06. The smallest absolute Gasteiger partial charge is 0.251 e. The van der Waals surface area contributed by atoms with E-state index in [9.17, 15) is 9.59 Å². The SMILES string of the molecule is Cc1ccc(N2CCC(Nc3cc(C(=O)NC4CC4)ccc3C)C2=O)cc1. The average molecular weight is 363 g/mol. The summed E-state index contributed by atoms with van der Waals surface area (Å²) in [7, 11) is 0. The monoisotopic (exact) mass is 363 g/mol. The number of nitrogens with one attached hydrogen (secondary N) is 2. The normalized spacial score (nSPS) is 19.3. The van der Waals surface area contributed by atoms with Gasteiger partial charge in [-0.15, -0.1) is 0 Å². The van der Waals surface area contributed by atoms with Gasteiger partial charge in [0.1, 0.15) is 6.04 Å². The van der Waals surface area contributed by atoms with Gasteiger partial charge in [-0.3, -0.25) is 9.59 Å². The van der Waals surface area contributed by atoms with E-state index in [1.54, 1.807) is 0 Å². The zero-order valence-corrected chi connectivity index (χ0v) is 15.8. The van der Waals surface area contributed by atoms with Crippen LogP contribution in [0.4, 0.5) is 11.4 Å². The molecular formula is C22H25N3O2. The van der Waals surface area contributed by atoms with Gasteiger partial charge in [-0.2, -0.15) is 0 Å². The molecule has 140 valence electrons. The molecule has 27 heavy (non-hydrogen) atoms. The molecule has 1 unspecified atom stereocenters. The maximum Gasteiger partial charge on any atom is 0.251 e.